The van der Waals surface area contributed by atoms with E-state index in [9.17, 15) is 4.79 Å². The summed E-state index contributed by atoms with van der Waals surface area (Å²) in [7, 11) is 3.16. The standard InChI is InChI=1S/C12H12N2O2/c1-13-11-9-6-4-3-5-8(9)10(7-14-11)12(15)16-2/h3-7H,1-2H3,(H,13,14). The second-order valence-corrected chi connectivity index (χ2v) is 3.31. The number of benzene rings is 1. The Morgan fingerprint density at radius 2 is 2.00 bits per heavy atom. The van der Waals surface area contributed by atoms with E-state index in [1.807, 2.05) is 24.3 Å². The number of carbonyl (C=O) groups excluding carboxylic acids is 1. The van der Waals surface area contributed by atoms with Crippen molar-refractivity contribution in [1.82, 2.24) is 4.98 Å². The number of nitrogens with one attached hydrogen (secondary N) is 1. The molecular formula is C12H12N2O2. The number of nitrogens with zero attached hydrogens (tertiary/aromatic N) is 1. The third-order valence-electron chi connectivity index (χ3n) is 2.44. The van der Waals surface area contributed by atoms with Gasteiger partial charge < -0.3 is 10.1 Å². The van der Waals surface area contributed by atoms with Gasteiger partial charge in [-0.2, -0.15) is 0 Å². The molecule has 2 aromatic rings. The van der Waals surface area contributed by atoms with E-state index in [0.717, 1.165) is 16.6 Å². The number of methoxy groups -OCH3 is 1. The van der Waals surface area contributed by atoms with Crippen molar-refractivity contribution in [2.45, 2.75) is 0 Å². The molecule has 16 heavy (non-hydrogen) atoms. The summed E-state index contributed by atoms with van der Waals surface area (Å²) in [6, 6.07) is 7.59. The third-order valence-corrected chi connectivity index (χ3v) is 2.44. The highest BCUT2D eigenvalue weighted by Crippen LogP contribution is 2.24. The monoisotopic (exact) mass is 216 g/mol. The minimum Gasteiger partial charge on any atom is -0.465 e. The van der Waals surface area contributed by atoms with Gasteiger partial charge >= 0.3 is 5.97 Å². The Hall–Kier alpha value is -2.10. The van der Waals surface area contributed by atoms with Crippen LogP contribution in [0.5, 0.6) is 0 Å². The van der Waals surface area contributed by atoms with E-state index in [1.54, 1.807) is 7.05 Å². The van der Waals surface area contributed by atoms with E-state index in [1.165, 1.54) is 13.3 Å². The Kier molecular flexibility index (Phi) is 2.72. The lowest BCUT2D eigenvalue weighted by atomic mass is 10.1. The molecule has 0 spiro atoms. The Bertz CT molecular complexity index is 538. The van der Waals surface area contributed by atoms with Gasteiger partial charge in [0.1, 0.15) is 5.82 Å². The van der Waals surface area contributed by atoms with Crippen LogP contribution in [-0.2, 0) is 4.74 Å². The van der Waals surface area contributed by atoms with E-state index in [-0.39, 0.29) is 5.97 Å². The number of rotatable bonds is 2. The number of ether oxygens (including phenoxy) is 1. The zero-order valence-corrected chi connectivity index (χ0v) is 9.15. The predicted octanol–water partition coefficient (Wildman–Crippen LogP) is 2.06. The molecule has 4 heteroatoms. The van der Waals surface area contributed by atoms with Crippen LogP contribution in [0.15, 0.2) is 30.5 Å². The number of fused-ring (bicyclic) bond motifs is 1. The maximum Gasteiger partial charge on any atom is 0.340 e. The fourth-order valence-electron chi connectivity index (χ4n) is 1.66. The summed E-state index contributed by atoms with van der Waals surface area (Å²) in [4.78, 5) is 15.7. The van der Waals surface area contributed by atoms with Gasteiger partial charge in [0.15, 0.2) is 0 Å². The lowest BCUT2D eigenvalue weighted by Gasteiger charge is -2.08. The summed E-state index contributed by atoms with van der Waals surface area (Å²) in [6.07, 6.45) is 1.53. The van der Waals surface area contributed by atoms with E-state index < -0.39 is 0 Å². The molecule has 0 aliphatic carbocycles. The molecule has 4 nitrogen and oxygen atoms in total. The molecule has 0 amide bonds. The molecule has 2 rings (SSSR count). The summed E-state index contributed by atoms with van der Waals surface area (Å²) in [6.45, 7) is 0. The Morgan fingerprint density at radius 3 is 2.62 bits per heavy atom. The summed E-state index contributed by atoms with van der Waals surface area (Å²) in [5, 5.41) is 4.74. The average molecular weight is 216 g/mol. The molecular weight excluding hydrogens is 204 g/mol. The topological polar surface area (TPSA) is 51.2 Å². The molecule has 82 valence electrons. The van der Waals surface area contributed by atoms with Gasteiger partial charge in [-0.3, -0.25) is 0 Å². The number of hydrogen-bond donors (Lipinski definition) is 1. The van der Waals surface area contributed by atoms with Gasteiger partial charge in [-0.1, -0.05) is 24.3 Å². The highest BCUT2D eigenvalue weighted by molar-refractivity contribution is 6.07. The predicted molar refractivity (Wildman–Crippen MR) is 62.6 cm³/mol. The fourth-order valence-corrected chi connectivity index (χ4v) is 1.66. The van der Waals surface area contributed by atoms with Gasteiger partial charge in [-0.15, -0.1) is 0 Å². The van der Waals surface area contributed by atoms with Crippen molar-refractivity contribution in [1.29, 1.82) is 0 Å². The van der Waals surface area contributed by atoms with Gasteiger partial charge in [-0.05, 0) is 0 Å². The maximum atomic E-state index is 11.5. The molecule has 0 atom stereocenters. The van der Waals surface area contributed by atoms with Gasteiger partial charge in [0.25, 0.3) is 0 Å². The molecule has 0 saturated heterocycles. The fraction of sp³-hybridized carbons (Fsp3) is 0.167. The first-order valence-electron chi connectivity index (χ1n) is 4.91. The molecule has 1 heterocycles. The summed E-state index contributed by atoms with van der Waals surface area (Å²) >= 11 is 0. The van der Waals surface area contributed by atoms with Crippen molar-refractivity contribution in [3.63, 3.8) is 0 Å². The highest BCUT2D eigenvalue weighted by Gasteiger charge is 2.12. The number of hydrogen-bond acceptors (Lipinski definition) is 4. The van der Waals surface area contributed by atoms with Gasteiger partial charge in [0.05, 0.1) is 12.7 Å². The van der Waals surface area contributed by atoms with Crippen LogP contribution in [0.25, 0.3) is 10.8 Å². The van der Waals surface area contributed by atoms with E-state index >= 15 is 0 Å². The largest absolute Gasteiger partial charge is 0.465 e. The lowest BCUT2D eigenvalue weighted by molar-refractivity contribution is 0.0602. The van der Waals surface area contributed by atoms with Crippen LogP contribution in [-0.4, -0.2) is 25.1 Å². The zero-order valence-electron chi connectivity index (χ0n) is 9.15. The number of carbonyl (C=O) groups is 1. The van der Waals surface area contributed by atoms with Crippen LogP contribution in [0.1, 0.15) is 10.4 Å². The molecule has 0 radical (unpaired) electrons. The van der Waals surface area contributed by atoms with E-state index in [4.69, 9.17) is 4.74 Å². The zero-order chi connectivity index (χ0) is 11.5. The van der Waals surface area contributed by atoms with Crippen molar-refractivity contribution in [2.75, 3.05) is 19.5 Å². The van der Waals surface area contributed by atoms with E-state index in [0.29, 0.717) is 5.56 Å². The van der Waals surface area contributed by atoms with Crippen molar-refractivity contribution in [3.8, 4) is 0 Å². The van der Waals surface area contributed by atoms with Crippen molar-refractivity contribution >= 4 is 22.6 Å². The van der Waals surface area contributed by atoms with Crippen LogP contribution >= 0.6 is 0 Å². The Morgan fingerprint density at radius 1 is 1.31 bits per heavy atom. The average Bonchev–Trinajstić information content (AvgIpc) is 2.36. The first-order valence-corrected chi connectivity index (χ1v) is 4.91. The van der Waals surface area contributed by atoms with Crippen LogP contribution in [0.2, 0.25) is 0 Å². The normalized spacial score (nSPS) is 10.1. The molecule has 0 saturated carbocycles. The Balaban J connectivity index is 2.74. The molecule has 1 aromatic carbocycles. The number of esters is 1. The SMILES string of the molecule is CNc1ncc(C(=O)OC)c2ccccc12. The molecule has 0 bridgehead atoms. The molecule has 0 fully saturated rings. The molecule has 1 N–H and O–H groups in total. The Labute approximate surface area is 93.3 Å². The minimum atomic E-state index is -0.369. The van der Waals surface area contributed by atoms with Crippen LogP contribution in [0, 0.1) is 0 Å². The second-order valence-electron chi connectivity index (χ2n) is 3.31. The minimum absolute atomic E-state index is 0.369. The number of pyridine rings is 1. The molecule has 0 unspecified atom stereocenters. The van der Waals surface area contributed by atoms with Gasteiger partial charge in [0, 0.05) is 24.0 Å². The van der Waals surface area contributed by atoms with Crippen molar-refractivity contribution in [3.05, 3.63) is 36.0 Å². The first-order chi connectivity index (χ1) is 7.77. The molecule has 0 aliphatic rings. The smallest absolute Gasteiger partial charge is 0.340 e. The third kappa shape index (κ3) is 1.58. The van der Waals surface area contributed by atoms with Gasteiger partial charge in [-0.25, -0.2) is 9.78 Å². The van der Waals surface area contributed by atoms with Crippen molar-refractivity contribution in [2.24, 2.45) is 0 Å². The van der Waals surface area contributed by atoms with Crippen molar-refractivity contribution < 1.29 is 9.53 Å². The summed E-state index contributed by atoms with van der Waals surface area (Å²) in [5.74, 6) is 0.384. The quantitative estimate of drug-likeness (QED) is 0.781. The van der Waals surface area contributed by atoms with Crippen LogP contribution in [0.3, 0.4) is 0 Å². The maximum absolute atomic E-state index is 11.5. The van der Waals surface area contributed by atoms with E-state index in [2.05, 4.69) is 10.3 Å². The van der Waals surface area contributed by atoms with Gasteiger partial charge in [0.2, 0.25) is 0 Å². The first kappa shape index (κ1) is 10.4. The molecule has 1 aromatic heterocycles. The summed E-state index contributed by atoms with van der Waals surface area (Å²) in [5.41, 5.74) is 0.483. The number of aromatic nitrogens is 1. The lowest BCUT2D eigenvalue weighted by Crippen LogP contribution is -2.04. The second kappa shape index (κ2) is 4.18. The summed E-state index contributed by atoms with van der Waals surface area (Å²) < 4.78 is 4.72. The number of anilines is 1. The highest BCUT2D eigenvalue weighted by atomic mass is 16.5. The van der Waals surface area contributed by atoms with Crippen LogP contribution < -0.4 is 5.32 Å². The molecule has 0 aliphatic heterocycles. The van der Waals surface area contributed by atoms with Crippen LogP contribution in [0.4, 0.5) is 5.82 Å².